The third-order valence-electron chi connectivity index (χ3n) is 2.85. The summed E-state index contributed by atoms with van der Waals surface area (Å²) in [6.45, 7) is 0. The van der Waals surface area contributed by atoms with E-state index in [-0.39, 0.29) is 0 Å². The van der Waals surface area contributed by atoms with E-state index in [1.807, 2.05) is 42.6 Å². The van der Waals surface area contributed by atoms with Crippen molar-refractivity contribution in [2.45, 2.75) is 0 Å². The molecule has 0 atom stereocenters. The number of halogens is 1. The molecular formula is C14H12BrN3. The van der Waals surface area contributed by atoms with E-state index in [9.17, 15) is 0 Å². The van der Waals surface area contributed by atoms with Gasteiger partial charge >= 0.3 is 0 Å². The maximum absolute atomic E-state index is 5.94. The summed E-state index contributed by atoms with van der Waals surface area (Å²) in [4.78, 5) is 3.17. The third kappa shape index (κ3) is 2.07. The van der Waals surface area contributed by atoms with Gasteiger partial charge in [0.25, 0.3) is 0 Å². The first kappa shape index (κ1) is 11.2. The summed E-state index contributed by atoms with van der Waals surface area (Å²) in [6.07, 6.45) is 1.93. The van der Waals surface area contributed by atoms with Gasteiger partial charge in [0.1, 0.15) is 0 Å². The molecule has 18 heavy (non-hydrogen) atoms. The Balaban J connectivity index is 1.97. The topological polar surface area (TPSA) is 53.8 Å². The fraction of sp³-hybridized carbons (Fsp3) is 0. The molecule has 90 valence electrons. The highest BCUT2D eigenvalue weighted by atomic mass is 79.9. The number of H-pyrrole nitrogens is 1. The molecule has 4 N–H and O–H groups in total. The Bertz CT molecular complexity index is 703. The Hall–Kier alpha value is -1.94. The van der Waals surface area contributed by atoms with Crippen LogP contribution < -0.4 is 11.1 Å². The van der Waals surface area contributed by atoms with Gasteiger partial charge in [-0.2, -0.15) is 0 Å². The Morgan fingerprint density at radius 2 is 1.94 bits per heavy atom. The molecule has 0 bridgehead atoms. The molecule has 0 radical (unpaired) electrons. The first-order valence-corrected chi connectivity index (χ1v) is 6.41. The zero-order chi connectivity index (χ0) is 12.5. The Morgan fingerprint density at radius 1 is 1.06 bits per heavy atom. The third-order valence-corrected chi connectivity index (χ3v) is 3.34. The quantitative estimate of drug-likeness (QED) is 0.620. The van der Waals surface area contributed by atoms with Gasteiger partial charge in [0.15, 0.2) is 0 Å². The van der Waals surface area contributed by atoms with Gasteiger partial charge in [0, 0.05) is 27.3 Å². The first-order chi connectivity index (χ1) is 8.72. The van der Waals surface area contributed by atoms with E-state index in [0.29, 0.717) is 0 Å². The lowest BCUT2D eigenvalue weighted by Gasteiger charge is -2.10. The van der Waals surface area contributed by atoms with Crippen molar-refractivity contribution in [2.24, 2.45) is 0 Å². The fourth-order valence-corrected chi connectivity index (χ4v) is 2.28. The number of rotatable bonds is 2. The minimum atomic E-state index is 0.729. The van der Waals surface area contributed by atoms with Crippen LogP contribution in [-0.4, -0.2) is 4.98 Å². The summed E-state index contributed by atoms with van der Waals surface area (Å²) in [7, 11) is 0. The minimum absolute atomic E-state index is 0.729. The second-order valence-corrected chi connectivity index (χ2v) is 5.05. The van der Waals surface area contributed by atoms with Crippen LogP contribution in [0.4, 0.5) is 17.1 Å². The summed E-state index contributed by atoms with van der Waals surface area (Å²) in [6, 6.07) is 14.0. The lowest BCUT2D eigenvalue weighted by Crippen LogP contribution is -1.95. The summed E-state index contributed by atoms with van der Waals surface area (Å²) in [5, 5.41) is 4.50. The van der Waals surface area contributed by atoms with Gasteiger partial charge in [0.05, 0.1) is 11.4 Å². The summed E-state index contributed by atoms with van der Waals surface area (Å²) >= 11 is 3.44. The molecule has 4 heteroatoms. The van der Waals surface area contributed by atoms with Crippen LogP contribution in [-0.2, 0) is 0 Å². The van der Waals surface area contributed by atoms with E-state index in [1.54, 1.807) is 0 Å². The molecule has 0 aliphatic carbocycles. The highest BCUT2D eigenvalue weighted by Crippen LogP contribution is 2.28. The second kappa shape index (κ2) is 4.38. The molecule has 3 rings (SSSR count). The monoisotopic (exact) mass is 301 g/mol. The average molecular weight is 302 g/mol. The van der Waals surface area contributed by atoms with Gasteiger partial charge in [-0.1, -0.05) is 15.9 Å². The van der Waals surface area contributed by atoms with Crippen LogP contribution in [0.15, 0.2) is 53.1 Å². The number of anilines is 3. The van der Waals surface area contributed by atoms with Crippen LogP contribution in [0, 0.1) is 0 Å². The summed E-state index contributed by atoms with van der Waals surface area (Å²) < 4.78 is 1.00. The van der Waals surface area contributed by atoms with Gasteiger partial charge in [-0.15, -0.1) is 0 Å². The van der Waals surface area contributed by atoms with E-state index < -0.39 is 0 Å². The molecule has 3 nitrogen and oxygen atoms in total. The molecular weight excluding hydrogens is 290 g/mol. The van der Waals surface area contributed by atoms with Crippen molar-refractivity contribution < 1.29 is 0 Å². The maximum Gasteiger partial charge on any atom is 0.0629 e. The van der Waals surface area contributed by atoms with Gasteiger partial charge in [-0.25, -0.2) is 0 Å². The fourth-order valence-electron chi connectivity index (χ4n) is 1.92. The zero-order valence-corrected chi connectivity index (χ0v) is 11.2. The van der Waals surface area contributed by atoms with Gasteiger partial charge in [0.2, 0.25) is 0 Å². The lowest BCUT2D eigenvalue weighted by atomic mass is 10.2. The molecule has 1 heterocycles. The Morgan fingerprint density at radius 3 is 2.83 bits per heavy atom. The van der Waals surface area contributed by atoms with Crippen molar-refractivity contribution in [3.63, 3.8) is 0 Å². The molecule has 0 aliphatic heterocycles. The lowest BCUT2D eigenvalue weighted by molar-refractivity contribution is 1.47. The highest BCUT2D eigenvalue weighted by molar-refractivity contribution is 9.10. The number of hydrogen-bond acceptors (Lipinski definition) is 2. The predicted octanol–water partition coefficient (Wildman–Crippen LogP) is 4.26. The van der Waals surface area contributed by atoms with Crippen molar-refractivity contribution in [2.75, 3.05) is 11.1 Å². The van der Waals surface area contributed by atoms with E-state index in [4.69, 9.17) is 5.73 Å². The molecule has 0 fully saturated rings. The molecule has 0 unspecified atom stereocenters. The largest absolute Gasteiger partial charge is 0.397 e. The number of nitrogen functional groups attached to an aromatic ring is 1. The summed E-state index contributed by atoms with van der Waals surface area (Å²) in [5.74, 6) is 0. The highest BCUT2D eigenvalue weighted by Gasteiger charge is 2.02. The van der Waals surface area contributed by atoms with E-state index in [2.05, 4.69) is 32.3 Å². The van der Waals surface area contributed by atoms with E-state index in [1.165, 1.54) is 5.39 Å². The molecule has 0 saturated heterocycles. The number of nitrogens with two attached hydrogens (primary N) is 1. The molecule has 3 aromatic rings. The van der Waals surface area contributed by atoms with Crippen LogP contribution in [0.2, 0.25) is 0 Å². The van der Waals surface area contributed by atoms with Crippen LogP contribution >= 0.6 is 15.9 Å². The van der Waals surface area contributed by atoms with Crippen molar-refractivity contribution >= 4 is 43.9 Å². The number of nitrogens with one attached hydrogen (secondary N) is 2. The van der Waals surface area contributed by atoms with Crippen molar-refractivity contribution in [1.82, 2.24) is 4.98 Å². The average Bonchev–Trinajstić information content (AvgIpc) is 2.81. The van der Waals surface area contributed by atoms with Gasteiger partial charge < -0.3 is 16.0 Å². The van der Waals surface area contributed by atoms with Crippen LogP contribution in [0.1, 0.15) is 0 Å². The molecule has 0 spiro atoms. The molecule has 0 amide bonds. The van der Waals surface area contributed by atoms with Gasteiger partial charge in [-0.3, -0.25) is 0 Å². The number of hydrogen-bond donors (Lipinski definition) is 3. The number of benzene rings is 2. The molecule has 0 saturated carbocycles. The predicted molar refractivity (Wildman–Crippen MR) is 80.1 cm³/mol. The molecule has 2 aromatic carbocycles. The minimum Gasteiger partial charge on any atom is -0.397 e. The standard InChI is InChI=1S/C14H12BrN3/c15-10-1-3-12(16)14(8-10)18-11-2-4-13-9(7-11)5-6-17-13/h1-8,17-18H,16H2. The number of fused-ring (bicyclic) bond motifs is 1. The van der Waals surface area contributed by atoms with E-state index >= 15 is 0 Å². The normalized spacial score (nSPS) is 10.7. The van der Waals surface area contributed by atoms with Crippen LogP contribution in [0.3, 0.4) is 0 Å². The Labute approximate surface area is 113 Å². The second-order valence-electron chi connectivity index (χ2n) is 4.14. The summed E-state index contributed by atoms with van der Waals surface area (Å²) in [5.41, 5.74) is 9.72. The van der Waals surface area contributed by atoms with Crippen LogP contribution in [0.25, 0.3) is 10.9 Å². The van der Waals surface area contributed by atoms with E-state index in [0.717, 1.165) is 27.1 Å². The number of aromatic amines is 1. The van der Waals surface area contributed by atoms with Crippen molar-refractivity contribution in [3.05, 3.63) is 53.1 Å². The van der Waals surface area contributed by atoms with Crippen molar-refractivity contribution in [1.29, 1.82) is 0 Å². The van der Waals surface area contributed by atoms with Gasteiger partial charge in [-0.05, 0) is 42.5 Å². The smallest absolute Gasteiger partial charge is 0.0629 e. The maximum atomic E-state index is 5.94. The van der Waals surface area contributed by atoms with Crippen molar-refractivity contribution in [3.8, 4) is 0 Å². The molecule has 0 aliphatic rings. The number of aromatic nitrogens is 1. The van der Waals surface area contributed by atoms with Crippen LogP contribution in [0.5, 0.6) is 0 Å². The zero-order valence-electron chi connectivity index (χ0n) is 9.57. The first-order valence-electron chi connectivity index (χ1n) is 5.61. The SMILES string of the molecule is Nc1ccc(Br)cc1Nc1ccc2[nH]ccc2c1. The molecule has 1 aromatic heterocycles. The Kier molecular flexibility index (Phi) is 2.72.